The van der Waals surface area contributed by atoms with Gasteiger partial charge in [0.05, 0.1) is 26.3 Å². The van der Waals surface area contributed by atoms with E-state index in [9.17, 15) is 0 Å². The number of benzene rings is 1. The third-order valence-electron chi connectivity index (χ3n) is 3.95. The molecule has 0 bridgehead atoms. The number of nitrogens with zero attached hydrogens (tertiary/aromatic N) is 3. The predicted molar refractivity (Wildman–Crippen MR) is 108 cm³/mol. The van der Waals surface area contributed by atoms with Gasteiger partial charge in [0, 0.05) is 39.2 Å². The van der Waals surface area contributed by atoms with Gasteiger partial charge in [-0.3, -0.25) is 4.68 Å². The molecular formula is C20H31N5O2. The quantitative estimate of drug-likeness (QED) is 0.338. The number of ether oxygens (including phenoxy) is 2. The molecule has 0 saturated carbocycles. The number of hydrogen-bond acceptors (Lipinski definition) is 4. The van der Waals surface area contributed by atoms with Crippen molar-refractivity contribution >= 4 is 5.96 Å². The van der Waals surface area contributed by atoms with Crippen molar-refractivity contribution in [2.24, 2.45) is 4.99 Å². The molecule has 27 heavy (non-hydrogen) atoms. The second kappa shape index (κ2) is 12.9. The standard InChI is InChI=1S/C20H31N5O2/c1-3-21-20(22-10-7-13-27-15-14-26-2)23-16-18-8-4-5-9-19(18)17-25-12-6-11-24-25/h4-6,8-9,11-12H,3,7,10,13-17H2,1-2H3,(H2,21,22,23). The summed E-state index contributed by atoms with van der Waals surface area (Å²) in [6.45, 7) is 7.06. The van der Waals surface area contributed by atoms with Crippen LogP contribution in [0.2, 0.25) is 0 Å². The van der Waals surface area contributed by atoms with Gasteiger partial charge in [0.15, 0.2) is 5.96 Å². The molecule has 2 N–H and O–H groups in total. The maximum atomic E-state index is 5.48. The van der Waals surface area contributed by atoms with Gasteiger partial charge in [0.1, 0.15) is 0 Å². The molecule has 0 aliphatic heterocycles. The number of rotatable bonds is 12. The summed E-state index contributed by atoms with van der Waals surface area (Å²) in [4.78, 5) is 4.72. The maximum absolute atomic E-state index is 5.48. The average molecular weight is 374 g/mol. The van der Waals surface area contributed by atoms with Crippen LogP contribution in [0, 0.1) is 0 Å². The maximum Gasteiger partial charge on any atom is 0.191 e. The first-order chi connectivity index (χ1) is 13.3. The van der Waals surface area contributed by atoms with Crippen LogP contribution in [0.15, 0.2) is 47.7 Å². The van der Waals surface area contributed by atoms with Crippen molar-refractivity contribution in [2.75, 3.05) is 40.0 Å². The second-order valence-electron chi connectivity index (χ2n) is 6.05. The van der Waals surface area contributed by atoms with Crippen molar-refractivity contribution < 1.29 is 9.47 Å². The fourth-order valence-electron chi connectivity index (χ4n) is 2.57. The van der Waals surface area contributed by atoms with E-state index in [1.165, 1.54) is 11.1 Å². The fourth-order valence-corrected chi connectivity index (χ4v) is 2.57. The first-order valence-electron chi connectivity index (χ1n) is 9.46. The Labute approximate surface area is 161 Å². The lowest BCUT2D eigenvalue weighted by Crippen LogP contribution is -2.38. The highest BCUT2D eigenvalue weighted by atomic mass is 16.5. The van der Waals surface area contributed by atoms with Crippen LogP contribution in [-0.2, 0) is 22.6 Å². The summed E-state index contributed by atoms with van der Waals surface area (Å²) in [7, 11) is 1.68. The Bertz CT molecular complexity index is 658. The number of nitrogens with one attached hydrogen (secondary N) is 2. The Kier molecular flexibility index (Phi) is 9.99. The predicted octanol–water partition coefficient (Wildman–Crippen LogP) is 2.04. The zero-order valence-electron chi connectivity index (χ0n) is 16.4. The van der Waals surface area contributed by atoms with Gasteiger partial charge in [-0.15, -0.1) is 0 Å². The summed E-state index contributed by atoms with van der Waals surface area (Å²) in [5, 5.41) is 10.9. The molecule has 0 unspecified atom stereocenters. The van der Waals surface area contributed by atoms with Gasteiger partial charge in [0.25, 0.3) is 0 Å². The van der Waals surface area contributed by atoms with Crippen LogP contribution in [0.4, 0.5) is 0 Å². The average Bonchev–Trinajstić information content (AvgIpc) is 3.19. The molecule has 0 aliphatic carbocycles. The Balaban J connectivity index is 1.85. The lowest BCUT2D eigenvalue weighted by molar-refractivity contribution is 0.0698. The lowest BCUT2D eigenvalue weighted by Gasteiger charge is -2.13. The van der Waals surface area contributed by atoms with E-state index in [0.29, 0.717) is 26.4 Å². The summed E-state index contributed by atoms with van der Waals surface area (Å²) in [5.74, 6) is 0.822. The molecule has 1 heterocycles. The van der Waals surface area contributed by atoms with E-state index < -0.39 is 0 Å². The van der Waals surface area contributed by atoms with E-state index in [2.05, 4.69) is 46.9 Å². The normalized spacial score (nSPS) is 11.6. The summed E-state index contributed by atoms with van der Waals surface area (Å²) in [6, 6.07) is 10.3. The molecule has 1 aromatic heterocycles. The van der Waals surface area contributed by atoms with E-state index in [-0.39, 0.29) is 0 Å². The molecule has 0 saturated heterocycles. The third-order valence-corrected chi connectivity index (χ3v) is 3.95. The van der Waals surface area contributed by atoms with Crippen molar-refractivity contribution in [3.63, 3.8) is 0 Å². The van der Waals surface area contributed by atoms with E-state index in [0.717, 1.165) is 32.0 Å². The Morgan fingerprint density at radius 3 is 2.70 bits per heavy atom. The topological polar surface area (TPSA) is 72.7 Å². The van der Waals surface area contributed by atoms with E-state index in [1.807, 2.05) is 16.9 Å². The molecule has 0 spiro atoms. The minimum absolute atomic E-state index is 0.622. The molecule has 1 aromatic carbocycles. The molecule has 2 rings (SSSR count). The van der Waals surface area contributed by atoms with Gasteiger partial charge in [-0.2, -0.15) is 5.10 Å². The number of guanidine groups is 1. The van der Waals surface area contributed by atoms with Gasteiger partial charge in [0.2, 0.25) is 0 Å². The minimum Gasteiger partial charge on any atom is -0.382 e. The van der Waals surface area contributed by atoms with Crippen LogP contribution in [-0.4, -0.2) is 55.8 Å². The molecule has 7 nitrogen and oxygen atoms in total. The summed E-state index contributed by atoms with van der Waals surface area (Å²) in [6.07, 6.45) is 4.69. The largest absolute Gasteiger partial charge is 0.382 e. The number of hydrogen-bond donors (Lipinski definition) is 2. The minimum atomic E-state index is 0.622. The molecule has 2 aromatic rings. The highest BCUT2D eigenvalue weighted by Crippen LogP contribution is 2.11. The van der Waals surface area contributed by atoms with Crippen molar-refractivity contribution in [3.8, 4) is 0 Å². The van der Waals surface area contributed by atoms with Gasteiger partial charge >= 0.3 is 0 Å². The lowest BCUT2D eigenvalue weighted by atomic mass is 10.1. The van der Waals surface area contributed by atoms with Crippen molar-refractivity contribution in [1.29, 1.82) is 0 Å². The Morgan fingerprint density at radius 1 is 1.11 bits per heavy atom. The van der Waals surface area contributed by atoms with E-state index in [1.54, 1.807) is 13.3 Å². The zero-order valence-corrected chi connectivity index (χ0v) is 16.4. The highest BCUT2D eigenvalue weighted by Gasteiger charge is 2.04. The Morgan fingerprint density at radius 2 is 1.96 bits per heavy atom. The number of aromatic nitrogens is 2. The zero-order chi connectivity index (χ0) is 19.2. The van der Waals surface area contributed by atoms with Crippen molar-refractivity contribution in [3.05, 3.63) is 53.9 Å². The molecule has 0 amide bonds. The van der Waals surface area contributed by atoms with E-state index in [4.69, 9.17) is 14.5 Å². The van der Waals surface area contributed by atoms with E-state index >= 15 is 0 Å². The molecule has 148 valence electrons. The summed E-state index contributed by atoms with van der Waals surface area (Å²) < 4.78 is 12.4. The van der Waals surface area contributed by atoms with Crippen LogP contribution < -0.4 is 10.6 Å². The van der Waals surface area contributed by atoms with Crippen molar-refractivity contribution in [2.45, 2.75) is 26.4 Å². The van der Waals surface area contributed by atoms with Crippen LogP contribution in [0.1, 0.15) is 24.5 Å². The first kappa shape index (κ1) is 20.9. The molecular weight excluding hydrogens is 342 g/mol. The van der Waals surface area contributed by atoms with Crippen LogP contribution in [0.5, 0.6) is 0 Å². The van der Waals surface area contributed by atoms with Crippen LogP contribution in [0.25, 0.3) is 0 Å². The van der Waals surface area contributed by atoms with Gasteiger partial charge in [-0.05, 0) is 30.5 Å². The molecule has 0 radical (unpaired) electrons. The van der Waals surface area contributed by atoms with Gasteiger partial charge < -0.3 is 20.1 Å². The third kappa shape index (κ3) is 8.23. The number of aliphatic imine (C=N–C) groups is 1. The van der Waals surface area contributed by atoms with Gasteiger partial charge in [-0.1, -0.05) is 24.3 Å². The van der Waals surface area contributed by atoms with Crippen molar-refractivity contribution in [1.82, 2.24) is 20.4 Å². The SMILES string of the molecule is CCNC(=NCc1ccccc1Cn1cccn1)NCCCOCCOC. The van der Waals surface area contributed by atoms with Crippen LogP contribution in [0.3, 0.4) is 0 Å². The molecule has 0 fully saturated rings. The first-order valence-corrected chi connectivity index (χ1v) is 9.46. The van der Waals surface area contributed by atoms with Crippen LogP contribution >= 0.6 is 0 Å². The molecule has 7 heteroatoms. The summed E-state index contributed by atoms with van der Waals surface area (Å²) in [5.41, 5.74) is 2.43. The molecule has 0 atom stereocenters. The monoisotopic (exact) mass is 373 g/mol. The second-order valence-corrected chi connectivity index (χ2v) is 6.05. The molecule has 0 aliphatic rings. The van der Waals surface area contributed by atoms with Gasteiger partial charge in [-0.25, -0.2) is 4.99 Å². The smallest absolute Gasteiger partial charge is 0.191 e. The number of methoxy groups -OCH3 is 1. The fraction of sp³-hybridized carbons (Fsp3) is 0.500. The summed E-state index contributed by atoms with van der Waals surface area (Å²) >= 11 is 0. The Hall–Kier alpha value is -2.38. The highest BCUT2D eigenvalue weighted by molar-refractivity contribution is 5.79.